The zero-order valence-electron chi connectivity index (χ0n) is 29.2. The van der Waals surface area contributed by atoms with Crippen molar-refractivity contribution in [3.05, 3.63) is 169 Å². The van der Waals surface area contributed by atoms with Crippen LogP contribution in [0.1, 0.15) is 26.3 Å². The van der Waals surface area contributed by atoms with Crippen molar-refractivity contribution in [1.82, 2.24) is 19.5 Å². The summed E-state index contributed by atoms with van der Waals surface area (Å²) in [4.78, 5) is 15.0. The van der Waals surface area contributed by atoms with Crippen LogP contribution in [0.3, 0.4) is 0 Å². The van der Waals surface area contributed by atoms with Gasteiger partial charge in [-0.2, -0.15) is 9.97 Å². The summed E-state index contributed by atoms with van der Waals surface area (Å²) in [6.45, 7) is 6.73. The Bertz CT molecular complexity index is 2750. The van der Waals surface area contributed by atoms with Gasteiger partial charge in [-0.15, -0.1) is 0 Å². The Hall–Kier alpha value is -6.46. The van der Waals surface area contributed by atoms with Gasteiger partial charge in [0.15, 0.2) is 11.6 Å². The number of para-hydroxylation sites is 1. The maximum atomic E-state index is 14.7. The van der Waals surface area contributed by atoms with Crippen molar-refractivity contribution < 1.29 is 4.39 Å². The molecule has 0 spiro atoms. The molecule has 0 aliphatic heterocycles. The van der Waals surface area contributed by atoms with Gasteiger partial charge in [0.25, 0.3) is 0 Å². The van der Waals surface area contributed by atoms with Crippen molar-refractivity contribution in [1.29, 1.82) is 0 Å². The molecule has 4 nitrogen and oxygen atoms in total. The van der Waals surface area contributed by atoms with Crippen molar-refractivity contribution >= 4 is 32.6 Å². The molecule has 0 fully saturated rings. The fourth-order valence-corrected chi connectivity index (χ4v) is 7.24. The molecular formula is C47H35FN4. The minimum Gasteiger partial charge on any atom is -0.278 e. The van der Waals surface area contributed by atoms with E-state index in [9.17, 15) is 4.39 Å². The zero-order valence-corrected chi connectivity index (χ0v) is 29.2. The van der Waals surface area contributed by atoms with Crippen LogP contribution in [0.5, 0.6) is 0 Å². The first-order valence-electron chi connectivity index (χ1n) is 17.6. The van der Waals surface area contributed by atoms with Crippen molar-refractivity contribution in [3.63, 3.8) is 0 Å². The summed E-state index contributed by atoms with van der Waals surface area (Å²) < 4.78 is 16.7. The Morgan fingerprint density at radius 3 is 1.69 bits per heavy atom. The Morgan fingerprint density at radius 2 is 1.04 bits per heavy atom. The van der Waals surface area contributed by atoms with Crippen LogP contribution >= 0.6 is 0 Å². The van der Waals surface area contributed by atoms with Gasteiger partial charge in [-0.05, 0) is 68.3 Å². The molecule has 0 aliphatic rings. The predicted molar refractivity (Wildman–Crippen MR) is 212 cm³/mol. The lowest BCUT2D eigenvalue weighted by molar-refractivity contribution is 0.590. The fourth-order valence-electron chi connectivity index (χ4n) is 7.24. The Kier molecular flexibility index (Phi) is 7.51. The van der Waals surface area contributed by atoms with Crippen LogP contribution in [0.25, 0.3) is 83.6 Å². The van der Waals surface area contributed by atoms with E-state index in [4.69, 9.17) is 15.0 Å². The quantitative estimate of drug-likeness (QED) is 0.182. The largest absolute Gasteiger partial charge is 0.278 e. The number of hydrogen-bond donors (Lipinski definition) is 0. The molecule has 2 aromatic heterocycles. The fraction of sp³-hybridized carbons (Fsp3) is 0.0851. The van der Waals surface area contributed by atoms with E-state index in [-0.39, 0.29) is 11.2 Å². The first-order chi connectivity index (χ1) is 25.3. The molecule has 0 unspecified atom stereocenters. The monoisotopic (exact) mass is 674 g/mol. The summed E-state index contributed by atoms with van der Waals surface area (Å²) in [5, 5.41) is 4.35. The van der Waals surface area contributed by atoms with E-state index >= 15 is 0 Å². The molecule has 5 heteroatoms. The van der Waals surface area contributed by atoms with Crippen LogP contribution in [-0.4, -0.2) is 19.5 Å². The van der Waals surface area contributed by atoms with Gasteiger partial charge < -0.3 is 0 Å². The molecule has 52 heavy (non-hydrogen) atoms. The number of nitrogens with zero attached hydrogens (tertiary/aromatic N) is 4. The standard InChI is InChI=1S/C47H35FN4/c1-47(2,3)35-25-23-31(24-26-35)38-17-10-14-32-13-9-16-37(43(32)38)30-19-21-34(22-20-30)45-49-44(33-11-5-4-6-12-33)50-46(51-45)52-41-18-8-7-15-39(41)40-28-27-36(48)29-42(40)52/h4-29H,1-3H3. The second-order valence-corrected chi connectivity index (χ2v) is 14.3. The van der Waals surface area contributed by atoms with E-state index in [1.807, 2.05) is 65.2 Å². The molecule has 0 saturated carbocycles. The van der Waals surface area contributed by atoms with E-state index in [1.165, 1.54) is 33.5 Å². The number of aromatic nitrogens is 4. The minimum atomic E-state index is -0.316. The lowest BCUT2D eigenvalue weighted by Crippen LogP contribution is -2.10. The van der Waals surface area contributed by atoms with Gasteiger partial charge in [-0.3, -0.25) is 4.57 Å². The normalized spacial score (nSPS) is 11.8. The first-order valence-corrected chi connectivity index (χ1v) is 17.6. The highest BCUT2D eigenvalue weighted by Gasteiger charge is 2.19. The zero-order chi connectivity index (χ0) is 35.4. The van der Waals surface area contributed by atoms with Gasteiger partial charge in [-0.25, -0.2) is 9.37 Å². The third-order valence-corrected chi connectivity index (χ3v) is 9.91. The average Bonchev–Trinajstić information content (AvgIpc) is 3.50. The molecule has 0 N–H and O–H groups in total. The molecule has 0 saturated heterocycles. The van der Waals surface area contributed by atoms with Crippen LogP contribution in [0.4, 0.5) is 4.39 Å². The van der Waals surface area contributed by atoms with Crippen LogP contribution in [0, 0.1) is 5.82 Å². The molecule has 250 valence electrons. The van der Waals surface area contributed by atoms with Gasteiger partial charge >= 0.3 is 0 Å². The van der Waals surface area contributed by atoms with Gasteiger partial charge in [0.2, 0.25) is 5.95 Å². The molecule has 0 atom stereocenters. The van der Waals surface area contributed by atoms with Gasteiger partial charge in [0.1, 0.15) is 5.82 Å². The molecule has 9 rings (SSSR count). The maximum absolute atomic E-state index is 14.7. The van der Waals surface area contributed by atoms with E-state index in [1.54, 1.807) is 6.07 Å². The molecule has 0 amide bonds. The third kappa shape index (κ3) is 5.51. The maximum Gasteiger partial charge on any atom is 0.238 e. The summed E-state index contributed by atoms with van der Waals surface area (Å²) in [5.74, 6) is 1.20. The molecule has 2 heterocycles. The van der Waals surface area contributed by atoms with E-state index in [2.05, 4.69) is 106 Å². The molecular weight excluding hydrogens is 640 g/mol. The number of benzene rings is 7. The SMILES string of the molecule is CC(C)(C)c1ccc(-c2cccc3cccc(-c4ccc(-c5nc(-c6ccccc6)nc(-n6c7ccccc7c7ccc(F)cc76)n5)cc4)c23)cc1. The van der Waals surface area contributed by atoms with Crippen molar-refractivity contribution in [3.8, 4) is 51.0 Å². The average molecular weight is 675 g/mol. The van der Waals surface area contributed by atoms with E-state index in [0.717, 1.165) is 38.5 Å². The Labute approximate surface area is 301 Å². The summed E-state index contributed by atoms with van der Waals surface area (Å²) in [6, 6.07) is 53.2. The number of fused-ring (bicyclic) bond motifs is 4. The summed E-state index contributed by atoms with van der Waals surface area (Å²) >= 11 is 0. The van der Waals surface area contributed by atoms with Crippen LogP contribution in [0.15, 0.2) is 158 Å². The summed E-state index contributed by atoms with van der Waals surface area (Å²) in [5.41, 5.74) is 9.39. The number of rotatable bonds is 5. The highest BCUT2D eigenvalue weighted by Crippen LogP contribution is 2.38. The second kappa shape index (κ2) is 12.4. The third-order valence-electron chi connectivity index (χ3n) is 9.91. The van der Waals surface area contributed by atoms with Crippen LogP contribution in [-0.2, 0) is 5.41 Å². The topological polar surface area (TPSA) is 43.6 Å². The van der Waals surface area contributed by atoms with Gasteiger partial charge in [0.05, 0.1) is 11.0 Å². The van der Waals surface area contributed by atoms with Crippen molar-refractivity contribution in [2.24, 2.45) is 0 Å². The lowest BCUT2D eigenvalue weighted by Gasteiger charge is -2.19. The smallest absolute Gasteiger partial charge is 0.238 e. The molecule has 9 aromatic rings. The molecule has 0 aliphatic carbocycles. The van der Waals surface area contributed by atoms with Crippen LogP contribution < -0.4 is 0 Å². The first kappa shape index (κ1) is 31.5. The van der Waals surface area contributed by atoms with Gasteiger partial charge in [0, 0.05) is 21.9 Å². The Balaban J connectivity index is 1.18. The molecule has 0 bridgehead atoms. The summed E-state index contributed by atoms with van der Waals surface area (Å²) in [6.07, 6.45) is 0. The van der Waals surface area contributed by atoms with Gasteiger partial charge in [-0.1, -0.05) is 154 Å². The predicted octanol–water partition coefficient (Wildman–Crippen LogP) is 12.2. The highest BCUT2D eigenvalue weighted by molar-refractivity contribution is 6.09. The van der Waals surface area contributed by atoms with E-state index in [0.29, 0.717) is 23.1 Å². The Morgan fingerprint density at radius 1 is 0.481 bits per heavy atom. The highest BCUT2D eigenvalue weighted by atomic mass is 19.1. The minimum absolute atomic E-state index is 0.0900. The summed E-state index contributed by atoms with van der Waals surface area (Å²) in [7, 11) is 0. The molecule has 0 radical (unpaired) electrons. The molecule has 7 aromatic carbocycles. The second-order valence-electron chi connectivity index (χ2n) is 14.3. The van der Waals surface area contributed by atoms with Crippen LogP contribution in [0.2, 0.25) is 0 Å². The van der Waals surface area contributed by atoms with Crippen molar-refractivity contribution in [2.75, 3.05) is 0 Å². The van der Waals surface area contributed by atoms with E-state index < -0.39 is 0 Å². The number of hydrogen-bond acceptors (Lipinski definition) is 3. The van der Waals surface area contributed by atoms with Crippen molar-refractivity contribution in [2.45, 2.75) is 26.2 Å². The number of halogens is 1. The lowest BCUT2D eigenvalue weighted by atomic mass is 9.85.